The van der Waals surface area contributed by atoms with Crippen LogP contribution in [0.15, 0.2) is 24.3 Å². The van der Waals surface area contributed by atoms with Gasteiger partial charge in [0.05, 0.1) is 0 Å². The SMILES string of the molecule is CCCCCCCCCCc1ccc(CCCCC)cc1. The molecule has 0 N–H and O–H groups in total. The van der Waals surface area contributed by atoms with Crippen molar-refractivity contribution in [1.29, 1.82) is 0 Å². The lowest BCUT2D eigenvalue weighted by molar-refractivity contribution is 0.575. The minimum atomic E-state index is 1.26. The van der Waals surface area contributed by atoms with Crippen LogP contribution in [0.1, 0.15) is 95.6 Å². The second-order valence-electron chi connectivity index (χ2n) is 6.50. The van der Waals surface area contributed by atoms with E-state index in [0.29, 0.717) is 0 Å². The second-order valence-corrected chi connectivity index (χ2v) is 6.50. The summed E-state index contributed by atoms with van der Waals surface area (Å²) in [4.78, 5) is 0. The van der Waals surface area contributed by atoms with E-state index in [0.717, 1.165) is 0 Å². The molecule has 120 valence electrons. The van der Waals surface area contributed by atoms with E-state index in [-0.39, 0.29) is 0 Å². The summed E-state index contributed by atoms with van der Waals surface area (Å²) in [5.74, 6) is 0. The quantitative estimate of drug-likeness (QED) is 0.339. The Kier molecular flexibility index (Phi) is 11.2. The highest BCUT2D eigenvalue weighted by molar-refractivity contribution is 5.22. The van der Waals surface area contributed by atoms with E-state index in [2.05, 4.69) is 38.1 Å². The van der Waals surface area contributed by atoms with E-state index in [1.54, 1.807) is 0 Å². The van der Waals surface area contributed by atoms with Crippen LogP contribution in [0.25, 0.3) is 0 Å². The standard InChI is InChI=1S/C21H36/c1-3-5-7-8-9-10-11-13-15-21-18-16-20(17-19-21)14-12-6-4-2/h16-19H,3-15H2,1-2H3. The van der Waals surface area contributed by atoms with Gasteiger partial charge in [-0.25, -0.2) is 0 Å². The molecule has 0 saturated heterocycles. The van der Waals surface area contributed by atoms with Gasteiger partial charge in [0.1, 0.15) is 0 Å². The van der Waals surface area contributed by atoms with Crippen molar-refractivity contribution in [2.75, 3.05) is 0 Å². The Bertz CT molecular complexity index is 322. The Hall–Kier alpha value is -0.780. The van der Waals surface area contributed by atoms with E-state index in [9.17, 15) is 0 Å². The van der Waals surface area contributed by atoms with Gasteiger partial charge in [-0.2, -0.15) is 0 Å². The van der Waals surface area contributed by atoms with Crippen molar-refractivity contribution < 1.29 is 0 Å². The molecular weight excluding hydrogens is 252 g/mol. The topological polar surface area (TPSA) is 0 Å². The highest BCUT2D eigenvalue weighted by Crippen LogP contribution is 2.13. The van der Waals surface area contributed by atoms with Crippen LogP contribution in [-0.2, 0) is 12.8 Å². The summed E-state index contributed by atoms with van der Waals surface area (Å²) in [6, 6.07) is 9.39. The van der Waals surface area contributed by atoms with Gasteiger partial charge in [-0.3, -0.25) is 0 Å². The predicted octanol–water partition coefficient (Wildman–Crippen LogP) is 7.10. The van der Waals surface area contributed by atoms with Crippen molar-refractivity contribution >= 4 is 0 Å². The zero-order valence-electron chi connectivity index (χ0n) is 14.5. The predicted molar refractivity (Wildman–Crippen MR) is 96.0 cm³/mol. The van der Waals surface area contributed by atoms with Crippen LogP contribution in [0.2, 0.25) is 0 Å². The van der Waals surface area contributed by atoms with E-state index in [1.807, 2.05) is 0 Å². The molecule has 0 heteroatoms. The van der Waals surface area contributed by atoms with Crippen LogP contribution in [0.4, 0.5) is 0 Å². The maximum atomic E-state index is 2.35. The van der Waals surface area contributed by atoms with Gasteiger partial charge in [-0.1, -0.05) is 95.9 Å². The third-order valence-electron chi connectivity index (χ3n) is 4.41. The lowest BCUT2D eigenvalue weighted by atomic mass is 10.0. The minimum absolute atomic E-state index is 1.26. The molecule has 0 aromatic heterocycles. The highest BCUT2D eigenvalue weighted by Gasteiger charge is 1.97. The van der Waals surface area contributed by atoms with Crippen molar-refractivity contribution in [2.45, 2.75) is 97.3 Å². The molecule has 21 heavy (non-hydrogen) atoms. The third-order valence-corrected chi connectivity index (χ3v) is 4.41. The molecule has 0 radical (unpaired) electrons. The lowest BCUT2D eigenvalue weighted by Gasteiger charge is -2.05. The van der Waals surface area contributed by atoms with Crippen LogP contribution in [0.5, 0.6) is 0 Å². The summed E-state index contributed by atoms with van der Waals surface area (Å²) < 4.78 is 0. The number of hydrogen-bond donors (Lipinski definition) is 0. The van der Waals surface area contributed by atoms with E-state index in [1.165, 1.54) is 94.6 Å². The van der Waals surface area contributed by atoms with Gasteiger partial charge in [0, 0.05) is 0 Å². The maximum absolute atomic E-state index is 2.35. The average molecular weight is 289 g/mol. The molecule has 0 heterocycles. The minimum Gasteiger partial charge on any atom is -0.0654 e. The van der Waals surface area contributed by atoms with Crippen LogP contribution in [-0.4, -0.2) is 0 Å². The molecule has 0 aliphatic carbocycles. The highest BCUT2D eigenvalue weighted by atomic mass is 14.0. The molecule has 0 nitrogen and oxygen atoms in total. The molecule has 0 unspecified atom stereocenters. The number of unbranched alkanes of at least 4 members (excludes halogenated alkanes) is 9. The first-order chi connectivity index (χ1) is 10.4. The van der Waals surface area contributed by atoms with Crippen molar-refractivity contribution in [3.05, 3.63) is 35.4 Å². The van der Waals surface area contributed by atoms with Gasteiger partial charge >= 0.3 is 0 Å². The number of hydrogen-bond acceptors (Lipinski definition) is 0. The van der Waals surface area contributed by atoms with Gasteiger partial charge < -0.3 is 0 Å². The van der Waals surface area contributed by atoms with Gasteiger partial charge in [0.15, 0.2) is 0 Å². The molecule has 0 fully saturated rings. The van der Waals surface area contributed by atoms with Crippen molar-refractivity contribution in [3.63, 3.8) is 0 Å². The monoisotopic (exact) mass is 288 g/mol. The Morgan fingerprint density at radius 1 is 0.476 bits per heavy atom. The van der Waals surface area contributed by atoms with Crippen molar-refractivity contribution in [3.8, 4) is 0 Å². The van der Waals surface area contributed by atoms with Crippen LogP contribution in [0, 0.1) is 0 Å². The van der Waals surface area contributed by atoms with Gasteiger partial charge in [0.2, 0.25) is 0 Å². The fourth-order valence-electron chi connectivity index (χ4n) is 2.91. The van der Waals surface area contributed by atoms with Crippen molar-refractivity contribution in [1.82, 2.24) is 0 Å². The maximum Gasteiger partial charge on any atom is -0.0279 e. The molecule has 0 amide bonds. The van der Waals surface area contributed by atoms with Gasteiger partial charge in [-0.05, 0) is 36.8 Å². The molecule has 1 aromatic rings. The molecule has 1 aromatic carbocycles. The normalized spacial score (nSPS) is 11.0. The van der Waals surface area contributed by atoms with Crippen LogP contribution in [0.3, 0.4) is 0 Å². The van der Waals surface area contributed by atoms with Crippen LogP contribution >= 0.6 is 0 Å². The molecule has 1 rings (SSSR count). The van der Waals surface area contributed by atoms with E-state index < -0.39 is 0 Å². The molecule has 0 atom stereocenters. The number of benzene rings is 1. The number of aryl methyl sites for hydroxylation is 2. The third kappa shape index (κ3) is 9.72. The number of rotatable bonds is 13. The Morgan fingerprint density at radius 3 is 1.29 bits per heavy atom. The Labute approximate surface area is 133 Å². The Balaban J connectivity index is 2.04. The zero-order chi connectivity index (χ0) is 15.2. The van der Waals surface area contributed by atoms with Crippen molar-refractivity contribution in [2.24, 2.45) is 0 Å². The summed E-state index contributed by atoms with van der Waals surface area (Å²) >= 11 is 0. The molecule has 0 aliphatic heterocycles. The van der Waals surface area contributed by atoms with Gasteiger partial charge in [0.25, 0.3) is 0 Å². The second kappa shape index (κ2) is 12.9. The first-order valence-corrected chi connectivity index (χ1v) is 9.44. The molecular formula is C21H36. The van der Waals surface area contributed by atoms with E-state index in [4.69, 9.17) is 0 Å². The summed E-state index contributed by atoms with van der Waals surface area (Å²) in [6.07, 6.45) is 17.8. The molecule has 0 bridgehead atoms. The van der Waals surface area contributed by atoms with E-state index >= 15 is 0 Å². The molecule has 0 saturated carbocycles. The fourth-order valence-corrected chi connectivity index (χ4v) is 2.91. The summed E-state index contributed by atoms with van der Waals surface area (Å²) in [5, 5.41) is 0. The summed E-state index contributed by atoms with van der Waals surface area (Å²) in [6.45, 7) is 4.56. The first-order valence-electron chi connectivity index (χ1n) is 9.44. The largest absolute Gasteiger partial charge is 0.0654 e. The smallest absolute Gasteiger partial charge is 0.0279 e. The Morgan fingerprint density at radius 2 is 0.810 bits per heavy atom. The lowest BCUT2D eigenvalue weighted by Crippen LogP contribution is -1.89. The first kappa shape index (κ1) is 18.3. The van der Waals surface area contributed by atoms with Gasteiger partial charge in [-0.15, -0.1) is 0 Å². The fraction of sp³-hybridized carbons (Fsp3) is 0.714. The van der Waals surface area contributed by atoms with Crippen LogP contribution < -0.4 is 0 Å². The summed E-state index contributed by atoms with van der Waals surface area (Å²) in [7, 11) is 0. The summed E-state index contributed by atoms with van der Waals surface area (Å²) in [5.41, 5.74) is 3.04. The zero-order valence-corrected chi connectivity index (χ0v) is 14.5. The molecule has 0 aliphatic rings. The molecule has 0 spiro atoms. The average Bonchev–Trinajstić information content (AvgIpc) is 2.52.